The van der Waals surface area contributed by atoms with E-state index in [1.807, 2.05) is 12.1 Å². The Kier molecular flexibility index (Phi) is 4.50. The second kappa shape index (κ2) is 6.72. The van der Waals surface area contributed by atoms with Crippen molar-refractivity contribution in [3.05, 3.63) is 41.5 Å². The number of nitrogens with one attached hydrogen (secondary N) is 2. The predicted octanol–water partition coefficient (Wildman–Crippen LogP) is 2.07. The van der Waals surface area contributed by atoms with E-state index in [0.717, 1.165) is 43.3 Å². The number of aromatic nitrogens is 3. The zero-order chi connectivity index (χ0) is 14.5. The van der Waals surface area contributed by atoms with Crippen molar-refractivity contribution in [1.82, 2.24) is 20.5 Å². The first-order valence-electron chi connectivity index (χ1n) is 7.60. The molecule has 2 heterocycles. The second-order valence-electron chi connectivity index (χ2n) is 5.53. The molecule has 2 N–H and O–H groups in total. The van der Waals surface area contributed by atoms with Crippen LogP contribution in [0.2, 0.25) is 0 Å². The number of ether oxygens (including phenoxy) is 1. The minimum absolute atomic E-state index is 0.463. The number of hydrogen-bond acceptors (Lipinski definition) is 4. The second-order valence-corrected chi connectivity index (χ2v) is 5.53. The summed E-state index contributed by atoms with van der Waals surface area (Å²) in [6.07, 6.45) is 4.24. The van der Waals surface area contributed by atoms with Gasteiger partial charge in [0, 0.05) is 18.9 Å². The van der Waals surface area contributed by atoms with Gasteiger partial charge >= 0.3 is 0 Å². The highest BCUT2D eigenvalue weighted by Gasteiger charge is 2.19. The van der Waals surface area contributed by atoms with Crippen molar-refractivity contribution in [1.29, 1.82) is 0 Å². The van der Waals surface area contributed by atoms with Crippen LogP contribution in [-0.2, 0) is 12.8 Å². The van der Waals surface area contributed by atoms with Crippen molar-refractivity contribution in [3.8, 4) is 5.75 Å². The number of nitrogens with zero attached hydrogens (tertiary/aromatic N) is 2. The van der Waals surface area contributed by atoms with Gasteiger partial charge in [0.2, 0.25) is 0 Å². The van der Waals surface area contributed by atoms with Crippen LogP contribution < -0.4 is 10.1 Å². The predicted molar refractivity (Wildman–Crippen MR) is 81.6 cm³/mol. The topological polar surface area (TPSA) is 62.8 Å². The van der Waals surface area contributed by atoms with Gasteiger partial charge < -0.3 is 10.1 Å². The summed E-state index contributed by atoms with van der Waals surface area (Å²) < 4.78 is 5.17. The van der Waals surface area contributed by atoms with Crippen molar-refractivity contribution < 1.29 is 4.74 Å². The van der Waals surface area contributed by atoms with Gasteiger partial charge in [0.05, 0.1) is 7.11 Å². The summed E-state index contributed by atoms with van der Waals surface area (Å²) in [5, 5.41) is 10.9. The van der Waals surface area contributed by atoms with Crippen LogP contribution in [0.4, 0.5) is 0 Å². The summed E-state index contributed by atoms with van der Waals surface area (Å²) in [4.78, 5) is 4.65. The molecule has 0 radical (unpaired) electrons. The molecule has 0 bridgehead atoms. The first kappa shape index (κ1) is 14.1. The smallest absolute Gasteiger partial charge is 0.155 e. The van der Waals surface area contributed by atoms with Gasteiger partial charge in [0.25, 0.3) is 0 Å². The number of aromatic amines is 1. The van der Waals surface area contributed by atoms with E-state index in [1.54, 1.807) is 7.11 Å². The maximum absolute atomic E-state index is 5.17. The van der Waals surface area contributed by atoms with Gasteiger partial charge in [-0.05, 0) is 43.5 Å². The van der Waals surface area contributed by atoms with E-state index in [4.69, 9.17) is 4.74 Å². The molecule has 0 aliphatic carbocycles. The number of H-pyrrole nitrogens is 1. The number of piperidine rings is 1. The summed E-state index contributed by atoms with van der Waals surface area (Å²) in [6.45, 7) is 2.11. The van der Waals surface area contributed by atoms with Crippen LogP contribution in [0.15, 0.2) is 24.3 Å². The quantitative estimate of drug-likeness (QED) is 0.883. The van der Waals surface area contributed by atoms with Crippen LogP contribution in [0, 0.1) is 0 Å². The average Bonchev–Trinajstić information content (AvgIpc) is 3.03. The zero-order valence-corrected chi connectivity index (χ0v) is 12.4. The first-order valence-corrected chi connectivity index (χ1v) is 7.60. The lowest BCUT2D eigenvalue weighted by Crippen LogP contribution is -2.28. The normalized spacial score (nSPS) is 18.6. The van der Waals surface area contributed by atoms with E-state index in [2.05, 4.69) is 32.6 Å². The number of hydrogen-bond donors (Lipinski definition) is 2. The fraction of sp³-hybridized carbons (Fsp3) is 0.500. The third-order valence-corrected chi connectivity index (χ3v) is 4.02. The van der Waals surface area contributed by atoms with E-state index in [-0.39, 0.29) is 0 Å². The Morgan fingerprint density at radius 3 is 2.81 bits per heavy atom. The maximum Gasteiger partial charge on any atom is 0.155 e. The number of aryl methyl sites for hydroxylation is 2. The number of rotatable bonds is 5. The lowest BCUT2D eigenvalue weighted by molar-refractivity contribution is 0.414. The van der Waals surface area contributed by atoms with Gasteiger partial charge in [-0.1, -0.05) is 12.1 Å². The molecule has 1 saturated heterocycles. The van der Waals surface area contributed by atoms with E-state index in [9.17, 15) is 0 Å². The summed E-state index contributed by atoms with van der Waals surface area (Å²) in [6, 6.07) is 8.19. The summed E-state index contributed by atoms with van der Waals surface area (Å²) in [5.41, 5.74) is 1.29. The molecule has 1 aliphatic rings. The summed E-state index contributed by atoms with van der Waals surface area (Å²) in [7, 11) is 1.69. The maximum atomic E-state index is 5.17. The van der Waals surface area contributed by atoms with E-state index in [1.165, 1.54) is 18.4 Å². The molecule has 1 aromatic heterocycles. The third-order valence-electron chi connectivity index (χ3n) is 4.02. The monoisotopic (exact) mass is 286 g/mol. The van der Waals surface area contributed by atoms with Gasteiger partial charge in [-0.3, -0.25) is 5.10 Å². The molecule has 21 heavy (non-hydrogen) atoms. The van der Waals surface area contributed by atoms with Crippen LogP contribution >= 0.6 is 0 Å². The van der Waals surface area contributed by atoms with Gasteiger partial charge in [-0.15, -0.1) is 0 Å². The molecule has 1 fully saturated rings. The fourth-order valence-electron chi connectivity index (χ4n) is 2.73. The highest BCUT2D eigenvalue weighted by atomic mass is 16.5. The average molecular weight is 286 g/mol. The Balaban J connectivity index is 1.56. The molecule has 5 heteroatoms. The van der Waals surface area contributed by atoms with Gasteiger partial charge in [-0.2, -0.15) is 5.10 Å². The lowest BCUT2D eigenvalue weighted by atomic mass is 9.99. The third kappa shape index (κ3) is 3.61. The highest BCUT2D eigenvalue weighted by molar-refractivity contribution is 5.27. The minimum Gasteiger partial charge on any atom is -0.497 e. The Bertz CT molecular complexity index is 558. The van der Waals surface area contributed by atoms with Gasteiger partial charge in [0.15, 0.2) is 5.82 Å². The molecular weight excluding hydrogens is 264 g/mol. The van der Waals surface area contributed by atoms with Crippen LogP contribution in [0.25, 0.3) is 0 Å². The molecule has 112 valence electrons. The van der Waals surface area contributed by atoms with Gasteiger partial charge in [-0.25, -0.2) is 4.98 Å². The Hall–Kier alpha value is -1.88. The van der Waals surface area contributed by atoms with E-state index in [0.29, 0.717) is 5.92 Å². The van der Waals surface area contributed by atoms with Crippen LogP contribution in [0.1, 0.15) is 36.0 Å². The molecule has 1 unspecified atom stereocenters. The van der Waals surface area contributed by atoms with Gasteiger partial charge in [0.1, 0.15) is 11.6 Å². The van der Waals surface area contributed by atoms with Crippen molar-refractivity contribution in [2.75, 3.05) is 20.2 Å². The number of benzene rings is 1. The summed E-state index contributed by atoms with van der Waals surface area (Å²) in [5.74, 6) is 3.30. The minimum atomic E-state index is 0.463. The molecule has 5 nitrogen and oxygen atoms in total. The van der Waals surface area contributed by atoms with Crippen LogP contribution in [-0.4, -0.2) is 35.4 Å². The Morgan fingerprint density at radius 1 is 1.24 bits per heavy atom. The fourth-order valence-corrected chi connectivity index (χ4v) is 2.73. The van der Waals surface area contributed by atoms with Crippen molar-refractivity contribution in [2.24, 2.45) is 0 Å². The molecule has 2 aromatic rings. The largest absolute Gasteiger partial charge is 0.497 e. The van der Waals surface area contributed by atoms with Crippen LogP contribution in [0.3, 0.4) is 0 Å². The molecule has 1 atom stereocenters. The molecule has 0 amide bonds. The molecular formula is C16H22N4O. The molecule has 1 aromatic carbocycles. The Morgan fingerprint density at radius 2 is 2.10 bits per heavy atom. The summed E-state index contributed by atoms with van der Waals surface area (Å²) >= 11 is 0. The molecule has 3 rings (SSSR count). The molecule has 0 spiro atoms. The zero-order valence-electron chi connectivity index (χ0n) is 12.4. The van der Waals surface area contributed by atoms with Crippen molar-refractivity contribution >= 4 is 0 Å². The van der Waals surface area contributed by atoms with E-state index < -0.39 is 0 Å². The first-order chi connectivity index (χ1) is 10.3. The Labute approximate surface area is 125 Å². The SMILES string of the molecule is COc1ccc(CCc2nc(C3CCCNC3)n[nH]2)cc1. The standard InChI is InChI=1S/C16H22N4O/c1-21-14-7-4-12(5-8-14)6-9-15-18-16(20-19-15)13-3-2-10-17-11-13/h4-5,7-8,13,17H,2-3,6,9-11H2,1H3,(H,18,19,20). The molecule has 0 saturated carbocycles. The number of methoxy groups -OCH3 is 1. The van der Waals surface area contributed by atoms with Crippen molar-refractivity contribution in [3.63, 3.8) is 0 Å². The van der Waals surface area contributed by atoms with Crippen LogP contribution in [0.5, 0.6) is 5.75 Å². The van der Waals surface area contributed by atoms with E-state index >= 15 is 0 Å². The lowest BCUT2D eigenvalue weighted by Gasteiger charge is -2.19. The van der Waals surface area contributed by atoms with Crippen molar-refractivity contribution in [2.45, 2.75) is 31.6 Å². The molecule has 1 aliphatic heterocycles. The highest BCUT2D eigenvalue weighted by Crippen LogP contribution is 2.20.